The van der Waals surface area contributed by atoms with E-state index in [0.29, 0.717) is 0 Å². The van der Waals surface area contributed by atoms with Gasteiger partial charge in [-0.2, -0.15) is 0 Å². The van der Waals surface area contributed by atoms with Gasteiger partial charge in [0.1, 0.15) is 36.3 Å². The van der Waals surface area contributed by atoms with Crippen LogP contribution in [0.25, 0.3) is 11.2 Å². The van der Waals surface area contributed by atoms with Gasteiger partial charge in [-0.25, -0.2) is 19.3 Å². The Hall–Kier alpha value is -3.23. The second-order valence-corrected chi connectivity index (χ2v) is 17.6. The van der Waals surface area contributed by atoms with Crippen molar-refractivity contribution in [2.45, 2.75) is 63.8 Å². The highest BCUT2D eigenvalue weighted by atomic mass is 32.2. The van der Waals surface area contributed by atoms with Gasteiger partial charge < -0.3 is 74.1 Å². The summed E-state index contributed by atoms with van der Waals surface area (Å²) in [6, 6.07) is 0. The summed E-state index contributed by atoms with van der Waals surface area (Å²) >= 11 is 0.883. The van der Waals surface area contributed by atoms with Crippen molar-refractivity contribution in [1.82, 2.24) is 30.2 Å². The number of hydrogen-bond donors (Lipinski definition) is 6. The summed E-state index contributed by atoms with van der Waals surface area (Å²) in [4.78, 5) is 106. The number of carbonyl (C=O) groups is 4. The molecule has 2 aromatic heterocycles. The van der Waals surface area contributed by atoms with E-state index in [-0.39, 0.29) is 60.2 Å². The molecular weight excluding hydrogens is 851 g/mol. The SMILES string of the molecule is CC(C)(COP(=O)([O-])OP(=O)([O-])OCC1OC(n2cnc3c(N)ncnc32)C(O)C1OP(=O)([O-])[O-])C(O)C(=O)NCCC(=O)NCCSC(=O)/C=C/CCC(=O)O. The van der Waals surface area contributed by atoms with Crippen LogP contribution >= 0.6 is 35.2 Å². The molecule has 0 aliphatic carbocycles. The summed E-state index contributed by atoms with van der Waals surface area (Å²) in [5, 5.41) is 34.3. The minimum absolute atomic E-state index is 0.0317. The highest BCUT2D eigenvalue weighted by Crippen LogP contribution is 2.56. The van der Waals surface area contributed by atoms with Crippen LogP contribution in [0.5, 0.6) is 0 Å². The second-order valence-electron chi connectivity index (χ2n) is 12.5. The standard InChI is InChI=1S/C27H42N7O19P3S/c1-27(2,22(40)25(41)30-8-7-16(35)29-9-10-57-18(38)6-4-3-5-17(36)37)12-50-56(47,48)53-55(45,46)49-11-15-21(52-54(42,43)44)20(39)26(51-15)34-14-33-19-23(28)31-13-32-24(19)34/h4,6,13-15,20-22,26,39-40H,3,5,7-12H2,1-2H3,(H,29,35)(H,30,41)(H,36,37)(H,45,46)(H,47,48)(H2,28,31,32)(H2,42,43,44)/p-4/b6-4+. The van der Waals surface area contributed by atoms with Crippen LogP contribution in [-0.4, -0.2) is 114 Å². The van der Waals surface area contributed by atoms with Crippen molar-refractivity contribution < 1.29 is 90.4 Å². The maximum absolute atomic E-state index is 12.5. The monoisotopic (exact) mass is 889 g/mol. The van der Waals surface area contributed by atoms with Crippen molar-refractivity contribution in [2.24, 2.45) is 5.41 Å². The van der Waals surface area contributed by atoms with Crippen molar-refractivity contribution in [3.8, 4) is 0 Å². The molecule has 0 saturated carbocycles. The summed E-state index contributed by atoms with van der Waals surface area (Å²) in [7, 11) is -17.6. The highest BCUT2D eigenvalue weighted by Gasteiger charge is 2.47. The Morgan fingerprint density at radius 2 is 1.75 bits per heavy atom. The first-order valence-electron chi connectivity index (χ1n) is 16.3. The van der Waals surface area contributed by atoms with E-state index in [1.165, 1.54) is 26.0 Å². The predicted octanol–water partition coefficient (Wildman–Crippen LogP) is -3.44. The smallest absolute Gasteiger partial charge is 0.303 e. The van der Waals surface area contributed by atoms with Crippen LogP contribution in [0.1, 0.15) is 39.3 Å². The maximum Gasteiger partial charge on any atom is 0.303 e. The van der Waals surface area contributed by atoms with Gasteiger partial charge in [-0.3, -0.25) is 32.9 Å². The van der Waals surface area contributed by atoms with Gasteiger partial charge in [0.05, 0.1) is 27.4 Å². The van der Waals surface area contributed by atoms with Gasteiger partial charge in [-0.1, -0.05) is 31.7 Å². The van der Waals surface area contributed by atoms with Crippen LogP contribution in [0.2, 0.25) is 0 Å². The lowest BCUT2D eigenvalue weighted by Gasteiger charge is -2.36. The molecule has 1 saturated heterocycles. The Morgan fingerprint density at radius 3 is 2.42 bits per heavy atom. The normalized spacial score (nSPS) is 21.5. The van der Waals surface area contributed by atoms with Crippen molar-refractivity contribution >= 4 is 75.1 Å². The van der Waals surface area contributed by atoms with E-state index in [2.05, 4.69) is 43.5 Å². The number of aliphatic hydroxyl groups is 2. The number of thioether (sulfide) groups is 1. The van der Waals surface area contributed by atoms with Gasteiger partial charge in [-0.15, -0.1) is 0 Å². The molecule has 320 valence electrons. The number of carbonyl (C=O) groups excluding carboxylic acids is 3. The van der Waals surface area contributed by atoms with Gasteiger partial charge in [0.2, 0.25) is 16.9 Å². The first-order valence-corrected chi connectivity index (χ1v) is 21.6. The number of ether oxygens (including phenoxy) is 1. The molecule has 3 rings (SSSR count). The number of allylic oxidation sites excluding steroid dienone is 1. The zero-order chi connectivity index (χ0) is 42.8. The summed E-state index contributed by atoms with van der Waals surface area (Å²) < 4.78 is 60.4. The van der Waals surface area contributed by atoms with Crippen molar-refractivity contribution in [3.63, 3.8) is 0 Å². The van der Waals surface area contributed by atoms with E-state index < -0.39 is 90.5 Å². The number of phosphoric ester groups is 3. The zero-order valence-electron chi connectivity index (χ0n) is 29.8. The number of anilines is 1. The molecule has 0 spiro atoms. The molecule has 30 heteroatoms. The minimum Gasteiger partial charge on any atom is -0.790 e. The number of carboxylic acids is 1. The fraction of sp³-hybridized carbons (Fsp3) is 0.593. The third kappa shape index (κ3) is 15.5. The van der Waals surface area contributed by atoms with Crippen LogP contribution < -0.4 is 35.9 Å². The first-order chi connectivity index (χ1) is 26.4. The van der Waals surface area contributed by atoms with E-state index in [4.69, 9.17) is 15.6 Å². The number of nitrogens with zero attached hydrogens (tertiary/aromatic N) is 4. The molecule has 2 aromatic rings. The Labute approximate surface area is 327 Å². The molecule has 0 bridgehead atoms. The molecule has 1 aliphatic rings. The fourth-order valence-electron chi connectivity index (χ4n) is 4.69. The van der Waals surface area contributed by atoms with E-state index in [9.17, 15) is 62.7 Å². The molecule has 7 unspecified atom stereocenters. The summed E-state index contributed by atoms with van der Waals surface area (Å²) in [6.07, 6.45) is -5.03. The number of imidazole rings is 1. The van der Waals surface area contributed by atoms with Gasteiger partial charge >= 0.3 is 5.97 Å². The second kappa shape index (κ2) is 20.6. The number of amides is 2. The molecule has 0 radical (unpaired) electrons. The fourth-order valence-corrected chi connectivity index (χ4v) is 8.03. The molecule has 26 nitrogen and oxygen atoms in total. The maximum atomic E-state index is 12.5. The highest BCUT2D eigenvalue weighted by molar-refractivity contribution is 8.14. The molecule has 3 heterocycles. The molecule has 1 fully saturated rings. The van der Waals surface area contributed by atoms with E-state index in [1.807, 2.05) is 0 Å². The first kappa shape index (κ1) is 48.1. The van der Waals surface area contributed by atoms with Gasteiger partial charge in [-0.05, 0) is 12.5 Å². The molecular formula is C27H38N7O19P3S-4. The molecule has 2 amide bonds. The summed E-state index contributed by atoms with van der Waals surface area (Å²) in [6.45, 7) is -0.143. The number of hydrogen-bond acceptors (Lipinski definition) is 23. The number of rotatable bonds is 23. The molecule has 7 N–H and O–H groups in total. The van der Waals surface area contributed by atoms with Crippen molar-refractivity contribution in [1.29, 1.82) is 0 Å². The number of aliphatic hydroxyl groups excluding tert-OH is 2. The number of aromatic nitrogens is 4. The summed E-state index contributed by atoms with van der Waals surface area (Å²) in [5.41, 5.74) is 4.01. The van der Waals surface area contributed by atoms with E-state index >= 15 is 0 Å². The summed E-state index contributed by atoms with van der Waals surface area (Å²) in [5.74, 6) is -2.46. The van der Waals surface area contributed by atoms with Crippen LogP contribution in [0.4, 0.5) is 5.82 Å². The van der Waals surface area contributed by atoms with Gasteiger partial charge in [0, 0.05) is 37.1 Å². The molecule has 1 aliphatic heterocycles. The Bertz CT molecular complexity index is 1930. The molecule has 57 heavy (non-hydrogen) atoms. The Morgan fingerprint density at radius 1 is 1.07 bits per heavy atom. The lowest BCUT2D eigenvalue weighted by atomic mass is 9.87. The van der Waals surface area contributed by atoms with Crippen LogP contribution in [0.15, 0.2) is 24.8 Å². The van der Waals surface area contributed by atoms with Crippen molar-refractivity contribution in [3.05, 3.63) is 24.8 Å². The number of nitrogen functional groups attached to an aromatic ring is 1. The predicted molar refractivity (Wildman–Crippen MR) is 184 cm³/mol. The third-order valence-electron chi connectivity index (χ3n) is 7.50. The third-order valence-corrected chi connectivity index (χ3v) is 11.3. The number of carboxylic acid groups (broad SMARTS) is 1. The number of fused-ring (bicyclic) bond motifs is 1. The number of aliphatic carboxylic acids is 1. The Kier molecular flexibility index (Phi) is 17.4. The lowest BCUT2D eigenvalue weighted by molar-refractivity contribution is -0.347. The lowest BCUT2D eigenvalue weighted by Crippen LogP contribution is -2.46. The average Bonchev–Trinajstić information content (AvgIpc) is 3.66. The molecule has 0 aromatic carbocycles. The minimum atomic E-state index is -5.93. The molecule has 7 atom stereocenters. The Balaban J connectivity index is 1.47. The van der Waals surface area contributed by atoms with Crippen LogP contribution in [0.3, 0.4) is 0 Å². The number of nitrogens with one attached hydrogen (secondary N) is 2. The quantitative estimate of drug-likeness (QED) is 0.0359. The number of nitrogens with two attached hydrogens (primary N) is 1. The largest absolute Gasteiger partial charge is 0.790 e. The van der Waals surface area contributed by atoms with Gasteiger partial charge in [0.25, 0.3) is 15.6 Å². The van der Waals surface area contributed by atoms with Crippen molar-refractivity contribution in [2.75, 3.05) is 37.8 Å². The zero-order valence-corrected chi connectivity index (χ0v) is 33.3. The van der Waals surface area contributed by atoms with E-state index in [1.54, 1.807) is 0 Å². The van der Waals surface area contributed by atoms with Gasteiger partial charge in [0.15, 0.2) is 17.7 Å². The van der Waals surface area contributed by atoms with E-state index in [0.717, 1.165) is 29.0 Å². The van der Waals surface area contributed by atoms with Crippen LogP contribution in [0, 0.1) is 5.41 Å². The average molecular weight is 890 g/mol. The number of phosphoric acid groups is 3. The topological polar surface area (TPSA) is 412 Å². The van der Waals surface area contributed by atoms with Crippen LogP contribution in [-0.2, 0) is 55.5 Å².